The van der Waals surface area contributed by atoms with E-state index >= 15 is 0 Å². The highest BCUT2D eigenvalue weighted by Gasteiger charge is 2.33. The average Bonchev–Trinajstić information content (AvgIpc) is 2.53. The standard InChI is InChI=1S/C19H26N2O2/c1-19(2,3)15-9-12-20(13-10-15)18(23)21-11-5-7-14-6-4-8-16(22)17(14)21/h4-6,8,11,15,22H,7,9-10,12-13H2,1-3H3. The van der Waals surface area contributed by atoms with Gasteiger partial charge in [-0.15, -0.1) is 0 Å². The van der Waals surface area contributed by atoms with E-state index in [4.69, 9.17) is 0 Å². The number of anilines is 1. The molecule has 1 N–H and O–H groups in total. The molecule has 1 aromatic rings. The summed E-state index contributed by atoms with van der Waals surface area (Å²) in [5.74, 6) is 0.828. The molecule has 0 aromatic heterocycles. The number of nitrogens with zero attached hydrogens (tertiary/aromatic N) is 2. The van der Waals surface area contributed by atoms with Crippen LogP contribution in [0.25, 0.3) is 0 Å². The number of likely N-dealkylation sites (tertiary alicyclic amines) is 1. The molecule has 2 aliphatic rings. The van der Waals surface area contributed by atoms with E-state index in [9.17, 15) is 9.90 Å². The molecule has 1 aromatic carbocycles. The molecule has 2 amide bonds. The second-order valence-corrected chi connectivity index (χ2v) is 7.65. The van der Waals surface area contributed by atoms with E-state index in [0.29, 0.717) is 17.0 Å². The van der Waals surface area contributed by atoms with E-state index < -0.39 is 0 Å². The van der Waals surface area contributed by atoms with Gasteiger partial charge in [0, 0.05) is 19.3 Å². The number of phenolic OH excluding ortho intramolecular Hbond substituents is 1. The molecule has 124 valence electrons. The van der Waals surface area contributed by atoms with E-state index in [0.717, 1.165) is 37.9 Å². The number of carbonyl (C=O) groups is 1. The van der Waals surface area contributed by atoms with Crippen molar-refractivity contribution < 1.29 is 9.90 Å². The highest BCUT2D eigenvalue weighted by Crippen LogP contribution is 2.37. The molecule has 2 heterocycles. The molecule has 0 radical (unpaired) electrons. The highest BCUT2D eigenvalue weighted by atomic mass is 16.3. The summed E-state index contributed by atoms with van der Waals surface area (Å²) in [5, 5.41) is 10.2. The van der Waals surface area contributed by atoms with Crippen LogP contribution in [0, 0.1) is 11.3 Å². The normalized spacial score (nSPS) is 18.9. The number of urea groups is 1. The number of para-hydroxylation sites is 1. The van der Waals surface area contributed by atoms with Crippen LogP contribution in [-0.2, 0) is 6.42 Å². The van der Waals surface area contributed by atoms with Crippen molar-refractivity contribution in [3.05, 3.63) is 36.0 Å². The van der Waals surface area contributed by atoms with Crippen LogP contribution in [0.15, 0.2) is 30.5 Å². The third kappa shape index (κ3) is 3.07. The minimum atomic E-state index is -0.0314. The maximum Gasteiger partial charge on any atom is 0.328 e. The number of hydrogen-bond acceptors (Lipinski definition) is 2. The van der Waals surface area contributed by atoms with Gasteiger partial charge in [0.05, 0.1) is 5.69 Å². The summed E-state index contributed by atoms with van der Waals surface area (Å²) in [7, 11) is 0. The lowest BCUT2D eigenvalue weighted by Crippen LogP contribution is -2.47. The van der Waals surface area contributed by atoms with Crippen molar-refractivity contribution in [2.45, 2.75) is 40.0 Å². The molecular formula is C19H26N2O2. The molecule has 23 heavy (non-hydrogen) atoms. The maximum absolute atomic E-state index is 12.9. The van der Waals surface area contributed by atoms with E-state index in [1.807, 2.05) is 23.1 Å². The van der Waals surface area contributed by atoms with Crippen LogP contribution in [-0.4, -0.2) is 29.1 Å². The molecular weight excluding hydrogens is 288 g/mol. The molecule has 4 heteroatoms. The summed E-state index contributed by atoms with van der Waals surface area (Å²) < 4.78 is 0. The van der Waals surface area contributed by atoms with Crippen molar-refractivity contribution in [1.82, 2.24) is 4.90 Å². The number of allylic oxidation sites excluding steroid dienone is 1. The van der Waals surface area contributed by atoms with Gasteiger partial charge in [0.15, 0.2) is 0 Å². The van der Waals surface area contributed by atoms with Gasteiger partial charge in [-0.2, -0.15) is 0 Å². The van der Waals surface area contributed by atoms with Gasteiger partial charge in [-0.1, -0.05) is 39.0 Å². The molecule has 0 saturated carbocycles. The largest absolute Gasteiger partial charge is 0.506 e. The van der Waals surface area contributed by atoms with Gasteiger partial charge in [-0.3, -0.25) is 4.90 Å². The number of carbonyl (C=O) groups excluding carboxylic acids is 1. The van der Waals surface area contributed by atoms with Gasteiger partial charge in [0.25, 0.3) is 0 Å². The summed E-state index contributed by atoms with van der Waals surface area (Å²) >= 11 is 0. The van der Waals surface area contributed by atoms with Crippen LogP contribution >= 0.6 is 0 Å². The molecule has 0 unspecified atom stereocenters. The quantitative estimate of drug-likeness (QED) is 0.782. The molecule has 3 rings (SSSR count). The van der Waals surface area contributed by atoms with E-state index in [2.05, 4.69) is 20.8 Å². The number of piperidine rings is 1. The SMILES string of the molecule is CC(C)(C)C1CCN(C(=O)N2C=CCc3cccc(O)c32)CC1. The maximum atomic E-state index is 12.9. The fraction of sp³-hybridized carbons (Fsp3) is 0.526. The molecule has 4 nitrogen and oxygen atoms in total. The topological polar surface area (TPSA) is 43.8 Å². The Kier molecular flexibility index (Phi) is 4.09. The first-order valence-corrected chi connectivity index (χ1v) is 8.43. The Hall–Kier alpha value is -1.97. The first kappa shape index (κ1) is 15.9. The molecule has 2 aliphatic heterocycles. The average molecular weight is 314 g/mol. The van der Waals surface area contributed by atoms with Crippen molar-refractivity contribution in [2.24, 2.45) is 11.3 Å². The number of amides is 2. The van der Waals surface area contributed by atoms with Gasteiger partial charge >= 0.3 is 6.03 Å². The number of fused-ring (bicyclic) bond motifs is 1. The van der Waals surface area contributed by atoms with Crippen LogP contribution in [0.5, 0.6) is 5.75 Å². The Balaban J connectivity index is 1.75. The van der Waals surface area contributed by atoms with Crippen molar-refractivity contribution >= 4 is 11.7 Å². The van der Waals surface area contributed by atoms with Gasteiger partial charge in [0.1, 0.15) is 5.75 Å². The summed E-state index contributed by atoms with van der Waals surface area (Å²) in [6, 6.07) is 5.40. The first-order chi connectivity index (χ1) is 10.9. The lowest BCUT2D eigenvalue weighted by molar-refractivity contribution is 0.125. The zero-order chi connectivity index (χ0) is 16.6. The molecule has 0 atom stereocenters. The van der Waals surface area contributed by atoms with Gasteiger partial charge in [-0.05, 0) is 42.2 Å². The minimum Gasteiger partial charge on any atom is -0.506 e. The van der Waals surface area contributed by atoms with Crippen LogP contribution in [0.3, 0.4) is 0 Å². The summed E-state index contributed by atoms with van der Waals surface area (Å²) in [5.41, 5.74) is 1.92. The fourth-order valence-corrected chi connectivity index (χ4v) is 3.63. The third-order valence-electron chi connectivity index (χ3n) is 5.13. The Morgan fingerprint density at radius 3 is 2.57 bits per heavy atom. The van der Waals surface area contributed by atoms with Crippen molar-refractivity contribution in [3.63, 3.8) is 0 Å². The second-order valence-electron chi connectivity index (χ2n) is 7.65. The summed E-state index contributed by atoms with van der Waals surface area (Å²) in [6.45, 7) is 8.40. The van der Waals surface area contributed by atoms with Gasteiger partial charge in [0.2, 0.25) is 0 Å². The third-order valence-corrected chi connectivity index (χ3v) is 5.13. The van der Waals surface area contributed by atoms with Crippen LogP contribution in [0.4, 0.5) is 10.5 Å². The molecule has 0 bridgehead atoms. The Bertz CT molecular complexity index is 623. The molecule has 1 saturated heterocycles. The number of rotatable bonds is 0. The fourth-order valence-electron chi connectivity index (χ4n) is 3.63. The molecule has 0 aliphatic carbocycles. The van der Waals surface area contributed by atoms with Gasteiger partial charge < -0.3 is 10.0 Å². The Morgan fingerprint density at radius 1 is 1.22 bits per heavy atom. The van der Waals surface area contributed by atoms with Crippen molar-refractivity contribution in [2.75, 3.05) is 18.0 Å². The predicted molar refractivity (Wildman–Crippen MR) is 92.6 cm³/mol. The Labute approximate surface area is 138 Å². The predicted octanol–water partition coefficient (Wildman–Crippen LogP) is 4.15. The van der Waals surface area contributed by atoms with Crippen LogP contribution in [0.2, 0.25) is 0 Å². The Morgan fingerprint density at radius 2 is 1.91 bits per heavy atom. The zero-order valence-corrected chi connectivity index (χ0v) is 14.2. The highest BCUT2D eigenvalue weighted by molar-refractivity contribution is 5.97. The van der Waals surface area contributed by atoms with Crippen molar-refractivity contribution in [1.29, 1.82) is 0 Å². The van der Waals surface area contributed by atoms with Crippen LogP contribution in [0.1, 0.15) is 39.2 Å². The van der Waals surface area contributed by atoms with Crippen molar-refractivity contribution in [3.8, 4) is 5.75 Å². The van der Waals surface area contributed by atoms with E-state index in [1.54, 1.807) is 17.2 Å². The van der Waals surface area contributed by atoms with E-state index in [1.165, 1.54) is 0 Å². The number of benzene rings is 1. The smallest absolute Gasteiger partial charge is 0.328 e. The molecule has 1 fully saturated rings. The summed E-state index contributed by atoms with van der Waals surface area (Å²) in [6.07, 6.45) is 6.60. The number of hydrogen-bond donors (Lipinski definition) is 1. The first-order valence-electron chi connectivity index (χ1n) is 8.43. The lowest BCUT2D eigenvalue weighted by atomic mass is 9.75. The zero-order valence-electron chi connectivity index (χ0n) is 14.2. The summed E-state index contributed by atoms with van der Waals surface area (Å²) in [4.78, 5) is 16.4. The number of phenols is 1. The van der Waals surface area contributed by atoms with Crippen LogP contribution < -0.4 is 4.90 Å². The minimum absolute atomic E-state index is 0.0314. The number of aromatic hydroxyl groups is 1. The van der Waals surface area contributed by atoms with Gasteiger partial charge in [-0.25, -0.2) is 4.79 Å². The monoisotopic (exact) mass is 314 g/mol. The second kappa shape index (κ2) is 5.91. The molecule has 0 spiro atoms. The lowest BCUT2D eigenvalue weighted by Gasteiger charge is -2.40. The van der Waals surface area contributed by atoms with E-state index in [-0.39, 0.29) is 11.8 Å².